The number of thioether (sulfide) groups is 1. The number of fused-ring (bicyclic) bond motifs is 1. The fraction of sp³-hybridized carbons (Fsp3) is 0.500. The first-order valence-electron chi connectivity index (χ1n) is 5.29. The van der Waals surface area contributed by atoms with Crippen LogP contribution in [-0.4, -0.2) is 50.3 Å². The van der Waals surface area contributed by atoms with E-state index in [9.17, 15) is 14.4 Å². The van der Waals surface area contributed by atoms with Gasteiger partial charge in [0.25, 0.3) is 5.91 Å². The van der Waals surface area contributed by atoms with Crippen LogP contribution in [0.4, 0.5) is 0 Å². The molecule has 6 nitrogen and oxygen atoms in total. The molecule has 1 fully saturated rings. The molecule has 0 bridgehead atoms. The average molecular weight is 335 g/mol. The lowest BCUT2D eigenvalue weighted by atomic mass is 10.1. The van der Waals surface area contributed by atoms with Crippen molar-refractivity contribution in [3.63, 3.8) is 0 Å². The van der Waals surface area contributed by atoms with E-state index in [2.05, 4.69) is 21.2 Å². The number of carbonyl (C=O) groups is 3. The van der Waals surface area contributed by atoms with Crippen LogP contribution >= 0.6 is 27.7 Å². The predicted octanol–water partition coefficient (Wildman–Crippen LogP) is 0.140. The van der Waals surface area contributed by atoms with Gasteiger partial charge in [0.05, 0.1) is 0 Å². The fourth-order valence-electron chi connectivity index (χ4n) is 1.87. The van der Waals surface area contributed by atoms with Gasteiger partial charge in [-0.2, -0.15) is 0 Å². The van der Waals surface area contributed by atoms with Crippen molar-refractivity contribution in [3.8, 4) is 0 Å². The van der Waals surface area contributed by atoms with E-state index < -0.39 is 12.0 Å². The van der Waals surface area contributed by atoms with Gasteiger partial charge in [-0.25, -0.2) is 4.79 Å². The molecule has 0 aromatic heterocycles. The number of carboxylic acids is 1. The first-order chi connectivity index (χ1) is 8.56. The predicted molar refractivity (Wildman–Crippen MR) is 69.2 cm³/mol. The van der Waals surface area contributed by atoms with E-state index in [-0.39, 0.29) is 22.9 Å². The van der Waals surface area contributed by atoms with E-state index in [0.717, 1.165) is 0 Å². The number of halogens is 1. The van der Waals surface area contributed by atoms with Gasteiger partial charge in [-0.1, -0.05) is 15.9 Å². The summed E-state index contributed by atoms with van der Waals surface area (Å²) in [5.74, 6) is -1.15. The quantitative estimate of drug-likeness (QED) is 0.564. The van der Waals surface area contributed by atoms with Crippen LogP contribution in [0.25, 0.3) is 0 Å². The largest absolute Gasteiger partial charge is 0.477 e. The zero-order valence-electron chi connectivity index (χ0n) is 9.26. The van der Waals surface area contributed by atoms with Crippen molar-refractivity contribution >= 4 is 45.5 Å². The number of β-lactam (4-membered cyclic amide) rings is 1. The van der Waals surface area contributed by atoms with Gasteiger partial charge in [-0.05, 0) is 6.08 Å². The molecule has 98 valence electrons. The van der Waals surface area contributed by atoms with Crippen molar-refractivity contribution in [2.24, 2.45) is 0 Å². The van der Waals surface area contributed by atoms with E-state index in [0.29, 0.717) is 17.5 Å². The van der Waals surface area contributed by atoms with Crippen LogP contribution in [-0.2, 0) is 14.4 Å². The van der Waals surface area contributed by atoms with Crippen molar-refractivity contribution in [2.75, 3.05) is 11.1 Å². The molecule has 0 aromatic rings. The summed E-state index contributed by atoms with van der Waals surface area (Å²) in [7, 11) is 0. The second kappa shape index (κ2) is 5.31. The van der Waals surface area contributed by atoms with Crippen molar-refractivity contribution in [1.82, 2.24) is 10.2 Å². The number of nitrogens with one attached hydrogen (secondary N) is 1. The third-order valence-corrected chi connectivity index (χ3v) is 4.28. The molecule has 18 heavy (non-hydrogen) atoms. The molecular weight excluding hydrogens is 324 g/mol. The minimum atomic E-state index is -1.11. The number of carboxylic acid groups (broad SMARTS) is 1. The van der Waals surface area contributed by atoms with Crippen molar-refractivity contribution in [2.45, 2.75) is 17.8 Å². The number of carbonyl (C=O) groups excluding carboxylic acids is 2. The summed E-state index contributed by atoms with van der Waals surface area (Å²) >= 11 is 4.59. The molecule has 8 heteroatoms. The Hall–Kier alpha value is -1.02. The van der Waals surface area contributed by atoms with Gasteiger partial charge < -0.3 is 10.4 Å². The number of aliphatic carboxylic acids is 1. The maximum Gasteiger partial charge on any atom is 0.352 e. The summed E-state index contributed by atoms with van der Waals surface area (Å²) in [5, 5.41) is 11.8. The second-order valence-corrected chi connectivity index (χ2v) is 5.75. The van der Waals surface area contributed by atoms with Crippen LogP contribution in [0.2, 0.25) is 0 Å². The molecule has 2 atom stereocenters. The highest BCUT2D eigenvalue weighted by molar-refractivity contribution is 9.09. The third-order valence-electron chi connectivity index (χ3n) is 2.70. The molecule has 2 rings (SSSR count). The molecule has 2 aliphatic rings. The molecule has 0 unspecified atom stereocenters. The van der Waals surface area contributed by atoms with E-state index in [1.165, 1.54) is 22.7 Å². The average Bonchev–Trinajstić information content (AvgIpc) is 2.35. The van der Waals surface area contributed by atoms with Gasteiger partial charge in [0.2, 0.25) is 5.91 Å². The Morgan fingerprint density at radius 1 is 1.61 bits per heavy atom. The summed E-state index contributed by atoms with van der Waals surface area (Å²) in [4.78, 5) is 35.5. The van der Waals surface area contributed by atoms with Gasteiger partial charge in [0.15, 0.2) is 0 Å². The monoisotopic (exact) mass is 334 g/mol. The first-order valence-corrected chi connectivity index (χ1v) is 7.46. The molecule has 0 aromatic carbocycles. The third kappa shape index (κ3) is 2.26. The van der Waals surface area contributed by atoms with Gasteiger partial charge in [0, 0.05) is 17.5 Å². The Kier molecular flexibility index (Phi) is 3.96. The summed E-state index contributed by atoms with van der Waals surface area (Å²) in [5.41, 5.74) is 0.00902. The maximum absolute atomic E-state index is 11.8. The standard InChI is InChI=1S/C10H11BrN2O4S/c11-3-1-6(14)12-7-8(15)13-5(10(16)17)2-4-18-9(7)13/h2,7,9H,1,3-4H2,(H,12,14)(H,16,17)/t7-,9-/m1/s1. The van der Waals surface area contributed by atoms with Crippen molar-refractivity contribution < 1.29 is 19.5 Å². The highest BCUT2D eigenvalue weighted by atomic mass is 79.9. The number of hydrogen-bond donors (Lipinski definition) is 2. The number of amides is 2. The van der Waals surface area contributed by atoms with Gasteiger partial charge in [-0.15, -0.1) is 11.8 Å². The van der Waals surface area contributed by atoms with Crippen LogP contribution in [0.15, 0.2) is 11.8 Å². The van der Waals surface area contributed by atoms with Crippen LogP contribution in [0, 0.1) is 0 Å². The highest BCUT2D eigenvalue weighted by Crippen LogP contribution is 2.37. The summed E-state index contributed by atoms with van der Waals surface area (Å²) in [6, 6.07) is -0.607. The summed E-state index contributed by atoms with van der Waals surface area (Å²) < 4.78 is 0. The maximum atomic E-state index is 11.8. The Bertz CT molecular complexity index is 440. The van der Waals surface area contributed by atoms with E-state index in [1.54, 1.807) is 0 Å². The Morgan fingerprint density at radius 3 is 2.94 bits per heavy atom. The molecule has 0 aliphatic carbocycles. The summed E-state index contributed by atoms with van der Waals surface area (Å²) in [6.07, 6.45) is 1.81. The Morgan fingerprint density at radius 2 is 2.33 bits per heavy atom. The van der Waals surface area contributed by atoms with Crippen LogP contribution < -0.4 is 5.32 Å². The number of hydrogen-bond acceptors (Lipinski definition) is 4. The molecule has 0 radical (unpaired) electrons. The first kappa shape index (κ1) is 13.4. The molecule has 1 saturated heterocycles. The zero-order valence-corrected chi connectivity index (χ0v) is 11.7. The minimum Gasteiger partial charge on any atom is -0.477 e. The molecule has 2 N–H and O–H groups in total. The molecular formula is C10H11BrN2O4S. The number of rotatable bonds is 4. The SMILES string of the molecule is O=C(CCBr)N[C@@H]1C(=O)N2C(C(=O)O)=CCS[C@H]12. The number of alkyl halides is 1. The van der Waals surface area contributed by atoms with Crippen LogP contribution in [0.3, 0.4) is 0 Å². The highest BCUT2D eigenvalue weighted by Gasteiger charge is 2.52. The minimum absolute atomic E-state index is 0.00902. The van der Waals surface area contributed by atoms with Gasteiger partial charge >= 0.3 is 5.97 Å². The zero-order chi connectivity index (χ0) is 13.3. The lowest BCUT2D eigenvalue weighted by molar-refractivity contribution is -0.150. The lowest BCUT2D eigenvalue weighted by Crippen LogP contribution is -2.70. The van der Waals surface area contributed by atoms with E-state index in [4.69, 9.17) is 5.11 Å². The smallest absolute Gasteiger partial charge is 0.352 e. The van der Waals surface area contributed by atoms with Crippen molar-refractivity contribution in [3.05, 3.63) is 11.8 Å². The summed E-state index contributed by atoms with van der Waals surface area (Å²) in [6.45, 7) is 0. The van der Waals surface area contributed by atoms with Crippen molar-refractivity contribution in [1.29, 1.82) is 0 Å². The molecule has 2 aliphatic heterocycles. The number of nitrogens with zero attached hydrogens (tertiary/aromatic N) is 1. The van der Waals surface area contributed by atoms with Crippen LogP contribution in [0.1, 0.15) is 6.42 Å². The normalized spacial score (nSPS) is 25.9. The van der Waals surface area contributed by atoms with Gasteiger partial charge in [0.1, 0.15) is 17.1 Å². The van der Waals surface area contributed by atoms with E-state index >= 15 is 0 Å². The van der Waals surface area contributed by atoms with E-state index in [1.807, 2.05) is 0 Å². The second-order valence-electron chi connectivity index (χ2n) is 3.81. The molecule has 0 spiro atoms. The molecule has 2 amide bonds. The lowest BCUT2D eigenvalue weighted by Gasteiger charge is -2.48. The molecule has 0 saturated carbocycles. The topological polar surface area (TPSA) is 86.7 Å². The Labute approximate surface area is 116 Å². The Balaban J connectivity index is 2.04. The van der Waals surface area contributed by atoms with Gasteiger partial charge in [-0.3, -0.25) is 14.5 Å². The fourth-order valence-corrected chi connectivity index (χ4v) is 3.42. The van der Waals surface area contributed by atoms with Crippen LogP contribution in [0.5, 0.6) is 0 Å². The molecule has 2 heterocycles.